The van der Waals surface area contributed by atoms with Gasteiger partial charge < -0.3 is 11.1 Å². The lowest BCUT2D eigenvalue weighted by molar-refractivity contribution is -0.118. The first-order valence-corrected chi connectivity index (χ1v) is 5.20. The van der Waals surface area contributed by atoms with Crippen LogP contribution in [0.4, 0.5) is 14.5 Å². The molecule has 0 bridgehead atoms. The fourth-order valence-electron chi connectivity index (χ4n) is 1.94. The number of fused-ring (bicyclic) bond motifs is 1. The smallest absolute Gasteiger partial charge is 0.241 e. The Labute approximate surface area is 97.3 Å². The largest absolute Gasteiger partial charge is 0.322 e. The number of carbonyl (C=O) groups is 1. The highest BCUT2D eigenvalue weighted by Gasteiger charge is 2.29. The number of rotatable bonds is 1. The molecule has 1 aliphatic heterocycles. The van der Waals surface area contributed by atoms with E-state index in [4.69, 9.17) is 5.73 Å². The zero-order valence-electron chi connectivity index (χ0n) is 9.04. The van der Waals surface area contributed by atoms with Crippen molar-refractivity contribution in [3.05, 3.63) is 42.0 Å². The van der Waals surface area contributed by atoms with Crippen molar-refractivity contribution >= 4 is 11.6 Å². The molecule has 2 rings (SSSR count). The van der Waals surface area contributed by atoms with Gasteiger partial charge in [0.1, 0.15) is 11.6 Å². The number of nitrogens with two attached hydrogens (primary N) is 1. The lowest BCUT2D eigenvalue weighted by Gasteiger charge is -2.14. The minimum Gasteiger partial charge on any atom is -0.322 e. The Morgan fingerprint density at radius 2 is 2.18 bits per heavy atom. The molecule has 0 saturated heterocycles. The molecule has 90 valence electrons. The molecule has 1 aromatic carbocycles. The van der Waals surface area contributed by atoms with Gasteiger partial charge in [0.15, 0.2) is 0 Å². The molecular weight excluding hydrogens is 226 g/mol. The molecule has 0 fully saturated rings. The maximum Gasteiger partial charge on any atom is 0.241 e. The Kier molecular flexibility index (Phi) is 2.93. The van der Waals surface area contributed by atoms with Gasteiger partial charge in [0.25, 0.3) is 0 Å². The van der Waals surface area contributed by atoms with Crippen LogP contribution in [0.5, 0.6) is 0 Å². The van der Waals surface area contributed by atoms with E-state index in [9.17, 15) is 13.6 Å². The molecular formula is C12H12F2N2O. The summed E-state index contributed by atoms with van der Waals surface area (Å²) in [5, 5.41) is 2.38. The maximum atomic E-state index is 13.5. The molecule has 0 spiro atoms. The molecule has 1 aliphatic rings. The van der Waals surface area contributed by atoms with E-state index in [0.717, 1.165) is 6.07 Å². The number of carbonyl (C=O) groups excluding carboxylic acids is 1. The lowest BCUT2D eigenvalue weighted by Crippen LogP contribution is -2.40. The Bertz CT molecular complexity index is 488. The number of benzene rings is 1. The molecule has 5 heteroatoms. The van der Waals surface area contributed by atoms with Crippen molar-refractivity contribution in [2.45, 2.75) is 12.5 Å². The van der Waals surface area contributed by atoms with Gasteiger partial charge in [-0.05, 0) is 18.1 Å². The SMILES string of the molecule is C=C[C@@H]1Cc2cc(F)cc(F)c2NC(=O)[C@H]1N. The first-order chi connectivity index (χ1) is 8.02. The highest BCUT2D eigenvalue weighted by atomic mass is 19.1. The van der Waals surface area contributed by atoms with Crippen LogP contribution in [0.25, 0.3) is 0 Å². The number of hydrogen-bond donors (Lipinski definition) is 2. The van der Waals surface area contributed by atoms with Crippen molar-refractivity contribution in [2.75, 3.05) is 5.32 Å². The second kappa shape index (κ2) is 4.25. The summed E-state index contributed by atoms with van der Waals surface area (Å²) < 4.78 is 26.6. The second-order valence-corrected chi connectivity index (χ2v) is 4.04. The summed E-state index contributed by atoms with van der Waals surface area (Å²) in [4.78, 5) is 11.6. The molecule has 1 amide bonds. The van der Waals surface area contributed by atoms with Gasteiger partial charge in [0.05, 0.1) is 11.7 Å². The van der Waals surface area contributed by atoms with E-state index in [1.165, 1.54) is 12.1 Å². The van der Waals surface area contributed by atoms with Crippen molar-refractivity contribution in [3.8, 4) is 0 Å². The van der Waals surface area contributed by atoms with E-state index in [-0.39, 0.29) is 18.0 Å². The molecule has 0 aliphatic carbocycles. The van der Waals surface area contributed by atoms with Crippen LogP contribution >= 0.6 is 0 Å². The fraction of sp³-hybridized carbons (Fsp3) is 0.250. The van der Waals surface area contributed by atoms with Gasteiger partial charge in [-0.1, -0.05) is 6.08 Å². The topological polar surface area (TPSA) is 55.1 Å². The lowest BCUT2D eigenvalue weighted by atomic mass is 9.93. The van der Waals surface area contributed by atoms with E-state index < -0.39 is 23.6 Å². The number of hydrogen-bond acceptors (Lipinski definition) is 2. The summed E-state index contributed by atoms with van der Waals surface area (Å²) in [5.41, 5.74) is 6.11. The minimum atomic E-state index is -0.803. The molecule has 0 aromatic heterocycles. The zero-order chi connectivity index (χ0) is 12.6. The van der Waals surface area contributed by atoms with Crippen molar-refractivity contribution in [1.29, 1.82) is 0 Å². The minimum absolute atomic E-state index is 0.0104. The third kappa shape index (κ3) is 2.06. The molecule has 0 radical (unpaired) electrons. The number of nitrogens with one attached hydrogen (secondary N) is 1. The summed E-state index contributed by atoms with van der Waals surface area (Å²) in [7, 11) is 0. The van der Waals surface area contributed by atoms with Crippen molar-refractivity contribution in [2.24, 2.45) is 11.7 Å². The molecule has 2 atom stereocenters. The Morgan fingerprint density at radius 3 is 2.82 bits per heavy atom. The van der Waals surface area contributed by atoms with Gasteiger partial charge in [-0.15, -0.1) is 6.58 Å². The number of anilines is 1. The standard InChI is InChI=1S/C12H12F2N2O/c1-2-6-3-7-4-8(13)5-9(14)11(7)16-12(17)10(6)15/h2,4-6,10H,1,3,15H2,(H,16,17)/t6-,10+/m1/s1. The predicted octanol–water partition coefficient (Wildman–Crippen LogP) is 1.59. The molecule has 1 heterocycles. The van der Waals surface area contributed by atoms with Crippen LogP contribution in [0.15, 0.2) is 24.8 Å². The Balaban J connectivity index is 2.52. The first-order valence-electron chi connectivity index (χ1n) is 5.20. The van der Waals surface area contributed by atoms with Crippen LogP contribution in [-0.4, -0.2) is 11.9 Å². The molecule has 3 nitrogen and oxygen atoms in total. The Morgan fingerprint density at radius 1 is 1.47 bits per heavy atom. The molecule has 0 unspecified atom stereocenters. The molecule has 17 heavy (non-hydrogen) atoms. The van der Waals surface area contributed by atoms with Crippen LogP contribution in [0.2, 0.25) is 0 Å². The molecule has 0 saturated carbocycles. The van der Waals surface area contributed by atoms with E-state index >= 15 is 0 Å². The third-order valence-electron chi connectivity index (χ3n) is 2.91. The summed E-state index contributed by atoms with van der Waals surface area (Å²) in [6.45, 7) is 3.58. The van der Waals surface area contributed by atoms with Crippen molar-refractivity contribution < 1.29 is 13.6 Å². The molecule has 1 aromatic rings. The maximum absolute atomic E-state index is 13.5. The third-order valence-corrected chi connectivity index (χ3v) is 2.91. The van der Waals surface area contributed by atoms with Crippen LogP contribution < -0.4 is 11.1 Å². The highest BCUT2D eigenvalue weighted by Crippen LogP contribution is 2.28. The quantitative estimate of drug-likeness (QED) is 0.730. The van der Waals surface area contributed by atoms with E-state index in [1.807, 2.05) is 0 Å². The van der Waals surface area contributed by atoms with Crippen molar-refractivity contribution in [1.82, 2.24) is 0 Å². The van der Waals surface area contributed by atoms with Crippen LogP contribution in [0, 0.1) is 17.6 Å². The highest BCUT2D eigenvalue weighted by molar-refractivity contribution is 5.96. The predicted molar refractivity (Wildman–Crippen MR) is 60.4 cm³/mol. The van der Waals surface area contributed by atoms with Gasteiger partial charge in [0.2, 0.25) is 5.91 Å². The average molecular weight is 238 g/mol. The summed E-state index contributed by atoms with van der Waals surface area (Å²) >= 11 is 0. The van der Waals surface area contributed by atoms with Gasteiger partial charge in [0, 0.05) is 12.0 Å². The van der Waals surface area contributed by atoms with Gasteiger partial charge in [-0.25, -0.2) is 8.78 Å². The number of amides is 1. The van der Waals surface area contributed by atoms with E-state index in [2.05, 4.69) is 11.9 Å². The van der Waals surface area contributed by atoms with Gasteiger partial charge >= 0.3 is 0 Å². The number of halogens is 2. The Hall–Kier alpha value is -1.75. The average Bonchev–Trinajstić information content (AvgIpc) is 2.39. The van der Waals surface area contributed by atoms with E-state index in [0.29, 0.717) is 5.56 Å². The van der Waals surface area contributed by atoms with Gasteiger partial charge in [-0.2, -0.15) is 0 Å². The monoisotopic (exact) mass is 238 g/mol. The van der Waals surface area contributed by atoms with Gasteiger partial charge in [-0.3, -0.25) is 4.79 Å². The van der Waals surface area contributed by atoms with Crippen molar-refractivity contribution in [3.63, 3.8) is 0 Å². The van der Waals surface area contributed by atoms with Crippen LogP contribution in [0.3, 0.4) is 0 Å². The summed E-state index contributed by atoms with van der Waals surface area (Å²) in [6.07, 6.45) is 1.82. The second-order valence-electron chi connectivity index (χ2n) is 4.04. The molecule has 3 N–H and O–H groups in total. The first kappa shape index (κ1) is 11.7. The van der Waals surface area contributed by atoms with Crippen LogP contribution in [0.1, 0.15) is 5.56 Å². The normalized spacial score (nSPS) is 23.6. The fourth-order valence-corrected chi connectivity index (χ4v) is 1.94. The summed E-state index contributed by atoms with van der Waals surface area (Å²) in [6, 6.07) is 1.13. The summed E-state index contributed by atoms with van der Waals surface area (Å²) in [5.74, 6) is -2.28. The zero-order valence-corrected chi connectivity index (χ0v) is 9.04. The van der Waals surface area contributed by atoms with E-state index in [1.54, 1.807) is 0 Å². The van der Waals surface area contributed by atoms with Crippen LogP contribution in [-0.2, 0) is 11.2 Å².